The molecule has 0 aliphatic carbocycles. The second-order valence-corrected chi connectivity index (χ2v) is 4.88. The molecule has 19 heavy (non-hydrogen) atoms. The quantitative estimate of drug-likeness (QED) is 0.585. The lowest BCUT2D eigenvalue weighted by Gasteiger charge is -1.96. The van der Waals surface area contributed by atoms with E-state index in [1.54, 1.807) is 7.05 Å². The van der Waals surface area contributed by atoms with Gasteiger partial charge in [0.15, 0.2) is 11.5 Å². The Hall–Kier alpha value is -2.35. The molecule has 0 amide bonds. The molecular formula is C11H9N5O2S. The zero-order valence-corrected chi connectivity index (χ0v) is 10.7. The van der Waals surface area contributed by atoms with Crippen molar-refractivity contribution in [2.24, 2.45) is 7.05 Å². The smallest absolute Gasteiger partial charge is 0.356 e. The Balaban J connectivity index is 1.99. The molecule has 1 aromatic carbocycles. The number of hydrogen-bond acceptors (Lipinski definition) is 5. The van der Waals surface area contributed by atoms with Crippen molar-refractivity contribution in [1.82, 2.24) is 19.5 Å². The van der Waals surface area contributed by atoms with Crippen LogP contribution in [0.3, 0.4) is 0 Å². The highest BCUT2D eigenvalue weighted by Crippen LogP contribution is 2.32. The molecule has 7 nitrogen and oxygen atoms in total. The Bertz CT molecular complexity index is 730. The summed E-state index contributed by atoms with van der Waals surface area (Å²) in [5, 5.41) is 11.9. The number of rotatable bonds is 3. The lowest BCUT2D eigenvalue weighted by atomic mass is 10.3. The van der Waals surface area contributed by atoms with Crippen molar-refractivity contribution in [3.8, 4) is 0 Å². The van der Waals surface area contributed by atoms with Gasteiger partial charge >= 0.3 is 5.82 Å². The highest BCUT2D eigenvalue weighted by Gasteiger charge is 2.21. The molecular weight excluding hydrogens is 266 g/mol. The van der Waals surface area contributed by atoms with Crippen LogP contribution in [0.15, 0.2) is 40.8 Å². The van der Waals surface area contributed by atoms with Crippen LogP contribution in [0.2, 0.25) is 0 Å². The van der Waals surface area contributed by atoms with Crippen LogP contribution in [0.4, 0.5) is 5.82 Å². The third-order valence-corrected chi connectivity index (χ3v) is 3.48. The first-order valence-corrected chi connectivity index (χ1v) is 6.25. The molecule has 1 N–H and O–H groups in total. The second-order valence-electron chi connectivity index (χ2n) is 3.90. The Morgan fingerprint density at radius 3 is 2.95 bits per heavy atom. The van der Waals surface area contributed by atoms with Crippen molar-refractivity contribution in [3.05, 3.63) is 40.7 Å². The van der Waals surface area contributed by atoms with Gasteiger partial charge in [0.25, 0.3) is 0 Å². The number of hydrogen-bond donors (Lipinski definition) is 1. The third kappa shape index (κ3) is 2.06. The van der Waals surface area contributed by atoms with Gasteiger partial charge < -0.3 is 15.1 Å². The maximum absolute atomic E-state index is 11.0. The van der Waals surface area contributed by atoms with Crippen molar-refractivity contribution in [1.29, 1.82) is 0 Å². The van der Waals surface area contributed by atoms with E-state index in [1.807, 2.05) is 24.3 Å². The fraction of sp³-hybridized carbons (Fsp3) is 0.0909. The molecule has 2 heterocycles. The minimum absolute atomic E-state index is 0.0366. The number of H-pyrrole nitrogens is 1. The number of aromatic amines is 1. The lowest BCUT2D eigenvalue weighted by molar-refractivity contribution is -0.394. The maximum Gasteiger partial charge on any atom is 0.356 e. The molecule has 0 saturated carbocycles. The van der Waals surface area contributed by atoms with Gasteiger partial charge in [-0.05, 0) is 28.8 Å². The van der Waals surface area contributed by atoms with Gasteiger partial charge in [-0.3, -0.25) is 0 Å². The van der Waals surface area contributed by atoms with E-state index in [-0.39, 0.29) is 5.82 Å². The lowest BCUT2D eigenvalue weighted by Crippen LogP contribution is -1.96. The monoisotopic (exact) mass is 275 g/mol. The first-order chi connectivity index (χ1) is 9.15. The van der Waals surface area contributed by atoms with Crippen molar-refractivity contribution < 1.29 is 4.92 Å². The van der Waals surface area contributed by atoms with E-state index in [4.69, 9.17) is 0 Å². The van der Waals surface area contributed by atoms with Crippen LogP contribution in [0.25, 0.3) is 11.0 Å². The molecule has 0 spiro atoms. The van der Waals surface area contributed by atoms with Gasteiger partial charge in [0.1, 0.15) is 0 Å². The van der Waals surface area contributed by atoms with Crippen LogP contribution in [0.5, 0.6) is 0 Å². The normalized spacial score (nSPS) is 11.0. The molecule has 0 unspecified atom stereocenters. The van der Waals surface area contributed by atoms with Gasteiger partial charge in [0.05, 0.1) is 18.1 Å². The summed E-state index contributed by atoms with van der Waals surface area (Å²) in [7, 11) is 1.59. The predicted molar refractivity (Wildman–Crippen MR) is 70.1 cm³/mol. The molecule has 8 heteroatoms. The van der Waals surface area contributed by atoms with E-state index in [2.05, 4.69) is 15.0 Å². The number of benzene rings is 1. The van der Waals surface area contributed by atoms with Crippen LogP contribution in [0.1, 0.15) is 0 Å². The van der Waals surface area contributed by atoms with E-state index in [0.29, 0.717) is 10.2 Å². The van der Waals surface area contributed by atoms with Crippen molar-refractivity contribution in [3.63, 3.8) is 0 Å². The number of nitro groups is 1. The molecule has 0 saturated heterocycles. The third-order valence-electron chi connectivity index (χ3n) is 2.61. The summed E-state index contributed by atoms with van der Waals surface area (Å²) in [6.07, 6.45) is 1.42. The number of aromatic nitrogens is 4. The molecule has 3 aromatic rings. The van der Waals surface area contributed by atoms with Gasteiger partial charge in [-0.15, -0.1) is 0 Å². The summed E-state index contributed by atoms with van der Waals surface area (Å²) in [6.45, 7) is 0. The maximum atomic E-state index is 11.0. The summed E-state index contributed by atoms with van der Waals surface area (Å²) in [6, 6.07) is 7.57. The topological polar surface area (TPSA) is 89.6 Å². The Morgan fingerprint density at radius 2 is 2.21 bits per heavy atom. The van der Waals surface area contributed by atoms with Crippen LogP contribution in [0, 0.1) is 10.1 Å². The number of para-hydroxylation sites is 2. The summed E-state index contributed by atoms with van der Waals surface area (Å²) in [5.41, 5.74) is 1.71. The minimum atomic E-state index is -0.446. The molecule has 0 aliphatic heterocycles. The van der Waals surface area contributed by atoms with Gasteiger partial charge in [-0.2, -0.15) is 0 Å². The molecule has 0 bridgehead atoms. The summed E-state index contributed by atoms with van der Waals surface area (Å²) < 4.78 is 1.38. The van der Waals surface area contributed by atoms with Crippen molar-refractivity contribution in [2.75, 3.05) is 0 Å². The Labute approximate surface area is 111 Å². The zero-order chi connectivity index (χ0) is 13.4. The molecule has 96 valence electrons. The predicted octanol–water partition coefficient (Wildman–Crippen LogP) is 2.36. The fourth-order valence-corrected chi connectivity index (χ4v) is 2.65. The van der Waals surface area contributed by atoms with E-state index in [1.165, 1.54) is 10.9 Å². The first kappa shape index (κ1) is 11.7. The Kier molecular flexibility index (Phi) is 2.71. The molecule has 0 radical (unpaired) electrons. The number of fused-ring (bicyclic) bond motifs is 1. The van der Waals surface area contributed by atoms with Crippen LogP contribution in [-0.2, 0) is 7.05 Å². The van der Waals surface area contributed by atoms with E-state index in [9.17, 15) is 10.1 Å². The average Bonchev–Trinajstić information content (AvgIpc) is 2.92. The molecule has 3 rings (SSSR count). The summed E-state index contributed by atoms with van der Waals surface area (Å²) >= 11 is 1.15. The standard InChI is InChI=1S/C11H9N5O2S/c1-15-6-12-9(10(15)16(17)18)19-11-13-7-4-2-3-5-8(7)14-11/h2-6H,1H3,(H,13,14). The van der Waals surface area contributed by atoms with E-state index >= 15 is 0 Å². The number of nitrogens with one attached hydrogen (secondary N) is 1. The van der Waals surface area contributed by atoms with E-state index in [0.717, 1.165) is 22.8 Å². The van der Waals surface area contributed by atoms with Gasteiger partial charge in [0.2, 0.25) is 5.03 Å². The highest BCUT2D eigenvalue weighted by atomic mass is 32.2. The largest absolute Gasteiger partial charge is 0.358 e. The highest BCUT2D eigenvalue weighted by molar-refractivity contribution is 7.99. The van der Waals surface area contributed by atoms with Gasteiger partial charge in [-0.1, -0.05) is 12.1 Å². The molecule has 0 atom stereocenters. The first-order valence-electron chi connectivity index (χ1n) is 5.43. The van der Waals surface area contributed by atoms with Crippen molar-refractivity contribution >= 4 is 28.6 Å². The van der Waals surface area contributed by atoms with Gasteiger partial charge in [0, 0.05) is 0 Å². The SMILES string of the molecule is Cn1cnc(Sc2nc3ccccc3[nH]2)c1[N+](=O)[O-]. The summed E-state index contributed by atoms with van der Waals surface area (Å²) in [4.78, 5) is 22.0. The van der Waals surface area contributed by atoms with Crippen LogP contribution in [-0.4, -0.2) is 24.4 Å². The zero-order valence-electron chi connectivity index (χ0n) is 9.90. The number of aryl methyl sites for hydroxylation is 1. The Morgan fingerprint density at radius 1 is 1.42 bits per heavy atom. The molecule has 2 aromatic heterocycles. The minimum Gasteiger partial charge on any atom is -0.358 e. The van der Waals surface area contributed by atoms with Crippen LogP contribution >= 0.6 is 11.8 Å². The fourth-order valence-electron chi connectivity index (χ4n) is 1.75. The molecule has 0 aliphatic rings. The number of imidazole rings is 2. The molecule has 0 fully saturated rings. The summed E-state index contributed by atoms with van der Waals surface area (Å²) in [5.74, 6) is -0.0366. The van der Waals surface area contributed by atoms with Gasteiger partial charge in [-0.25, -0.2) is 14.5 Å². The average molecular weight is 275 g/mol. The second kappa shape index (κ2) is 4.39. The van der Waals surface area contributed by atoms with E-state index < -0.39 is 4.92 Å². The number of nitrogens with zero attached hydrogens (tertiary/aromatic N) is 4. The van der Waals surface area contributed by atoms with Crippen LogP contribution < -0.4 is 0 Å². The van der Waals surface area contributed by atoms with Crippen molar-refractivity contribution in [2.45, 2.75) is 10.2 Å².